The highest BCUT2D eigenvalue weighted by atomic mass is 79.9. The van der Waals surface area contributed by atoms with Gasteiger partial charge in [0.05, 0.1) is 11.2 Å². The number of halogens is 1. The van der Waals surface area contributed by atoms with E-state index in [1.165, 1.54) is 0 Å². The Morgan fingerprint density at radius 1 is 1.41 bits per heavy atom. The minimum atomic E-state index is -0.419. The van der Waals surface area contributed by atoms with Crippen LogP contribution in [0, 0.1) is 0 Å². The van der Waals surface area contributed by atoms with Crippen LogP contribution in [0.5, 0.6) is 0 Å². The van der Waals surface area contributed by atoms with Gasteiger partial charge in [-0.3, -0.25) is 9.59 Å². The lowest BCUT2D eigenvalue weighted by Gasteiger charge is -2.12. The molecule has 92 valence electrons. The number of anilines is 1. The number of amides is 2. The van der Waals surface area contributed by atoms with Gasteiger partial charge in [-0.2, -0.15) is 0 Å². The summed E-state index contributed by atoms with van der Waals surface area (Å²) in [6.07, 6.45) is 0.819. The van der Waals surface area contributed by atoms with Crippen LogP contribution in [0.25, 0.3) is 0 Å². The highest BCUT2D eigenvalue weighted by Crippen LogP contribution is 2.17. The fourth-order valence-corrected chi connectivity index (χ4v) is 1.50. The molecule has 4 nitrogen and oxygen atoms in total. The number of carbonyl (C=O) groups is 2. The topological polar surface area (TPSA) is 72.2 Å². The molecule has 0 aliphatic heterocycles. The summed E-state index contributed by atoms with van der Waals surface area (Å²) < 4.78 is 0. The summed E-state index contributed by atoms with van der Waals surface area (Å²) in [5.41, 5.74) is 6.51. The lowest BCUT2D eigenvalue weighted by atomic mass is 10.1. The van der Waals surface area contributed by atoms with Crippen molar-refractivity contribution in [3.63, 3.8) is 0 Å². The van der Waals surface area contributed by atoms with Crippen LogP contribution in [0.3, 0.4) is 0 Å². The van der Waals surface area contributed by atoms with Crippen molar-refractivity contribution in [2.75, 3.05) is 5.32 Å². The molecule has 0 spiro atoms. The van der Waals surface area contributed by atoms with Gasteiger partial charge in [0.1, 0.15) is 0 Å². The van der Waals surface area contributed by atoms with Crippen molar-refractivity contribution in [2.45, 2.75) is 24.6 Å². The van der Waals surface area contributed by atoms with Gasteiger partial charge in [-0.25, -0.2) is 0 Å². The molecule has 1 rings (SSSR count). The van der Waals surface area contributed by atoms with E-state index in [1.54, 1.807) is 24.3 Å². The van der Waals surface area contributed by atoms with Crippen LogP contribution in [-0.4, -0.2) is 16.6 Å². The van der Waals surface area contributed by atoms with Crippen molar-refractivity contribution in [3.8, 4) is 0 Å². The smallest absolute Gasteiger partial charge is 0.238 e. The number of nitrogens with one attached hydrogen (secondary N) is 1. The summed E-state index contributed by atoms with van der Waals surface area (Å²) >= 11 is 3.27. The summed E-state index contributed by atoms with van der Waals surface area (Å²) in [4.78, 5) is 22.4. The van der Waals surface area contributed by atoms with E-state index in [2.05, 4.69) is 21.2 Å². The Kier molecular flexibility index (Phi) is 5.15. The van der Waals surface area contributed by atoms with E-state index >= 15 is 0 Å². The number of benzene rings is 1. The third-order valence-corrected chi connectivity index (χ3v) is 3.35. The third-order valence-electron chi connectivity index (χ3n) is 2.28. The van der Waals surface area contributed by atoms with E-state index in [0.717, 1.165) is 5.56 Å². The zero-order valence-corrected chi connectivity index (χ0v) is 11.2. The van der Waals surface area contributed by atoms with Crippen LogP contribution < -0.4 is 11.1 Å². The number of nitrogens with two attached hydrogens (primary N) is 1. The average molecular weight is 299 g/mol. The van der Waals surface area contributed by atoms with Crippen molar-refractivity contribution in [3.05, 3.63) is 29.8 Å². The molecule has 0 aliphatic carbocycles. The molecule has 1 unspecified atom stereocenters. The first-order valence-corrected chi connectivity index (χ1v) is 6.27. The summed E-state index contributed by atoms with van der Waals surface area (Å²) in [7, 11) is 0. The second-order valence-corrected chi connectivity index (χ2v) is 4.77. The zero-order valence-electron chi connectivity index (χ0n) is 9.57. The first-order chi connectivity index (χ1) is 8.04. The molecule has 3 N–H and O–H groups in total. The first-order valence-electron chi connectivity index (χ1n) is 5.35. The molecular weight excluding hydrogens is 284 g/mol. The average Bonchev–Trinajstić information content (AvgIpc) is 2.29. The van der Waals surface area contributed by atoms with Crippen LogP contribution in [0.1, 0.15) is 18.9 Å². The quantitative estimate of drug-likeness (QED) is 0.814. The van der Waals surface area contributed by atoms with Crippen LogP contribution in [0.2, 0.25) is 0 Å². The summed E-state index contributed by atoms with van der Waals surface area (Å²) in [5, 5.41) is 2.77. The predicted octanol–water partition coefficient (Wildman–Crippen LogP) is 1.83. The number of para-hydroxylation sites is 1. The van der Waals surface area contributed by atoms with Gasteiger partial charge >= 0.3 is 0 Å². The fraction of sp³-hybridized carbons (Fsp3) is 0.333. The molecule has 0 saturated carbocycles. The molecule has 0 bridgehead atoms. The van der Waals surface area contributed by atoms with Crippen molar-refractivity contribution < 1.29 is 9.59 Å². The Morgan fingerprint density at radius 2 is 2.06 bits per heavy atom. The number of hydrogen-bond acceptors (Lipinski definition) is 2. The van der Waals surface area contributed by atoms with Crippen molar-refractivity contribution in [2.24, 2.45) is 5.73 Å². The van der Waals surface area contributed by atoms with Gasteiger partial charge in [-0.1, -0.05) is 41.1 Å². The lowest BCUT2D eigenvalue weighted by Crippen LogP contribution is -2.23. The van der Waals surface area contributed by atoms with Crippen LogP contribution >= 0.6 is 15.9 Å². The van der Waals surface area contributed by atoms with Gasteiger partial charge in [0.2, 0.25) is 11.8 Å². The van der Waals surface area contributed by atoms with E-state index in [9.17, 15) is 9.59 Å². The van der Waals surface area contributed by atoms with Crippen molar-refractivity contribution >= 4 is 33.4 Å². The minimum absolute atomic E-state index is 0.121. The SMILES string of the molecule is CCC(Br)C(=O)Nc1ccccc1CC(N)=O. The van der Waals surface area contributed by atoms with Gasteiger partial charge < -0.3 is 11.1 Å². The second-order valence-electron chi connectivity index (χ2n) is 3.67. The lowest BCUT2D eigenvalue weighted by molar-refractivity contribution is -0.117. The zero-order chi connectivity index (χ0) is 12.8. The van der Waals surface area contributed by atoms with E-state index in [1.807, 2.05) is 6.92 Å². The van der Waals surface area contributed by atoms with Crippen molar-refractivity contribution in [1.29, 1.82) is 0 Å². The maximum absolute atomic E-state index is 11.7. The molecule has 0 fully saturated rings. The Balaban J connectivity index is 2.83. The standard InChI is InChI=1S/C12H15BrN2O2/c1-2-9(13)12(17)15-10-6-4-3-5-8(10)7-11(14)16/h3-6,9H,2,7H2,1H3,(H2,14,16)(H,15,17). The largest absolute Gasteiger partial charge is 0.369 e. The van der Waals surface area contributed by atoms with Crippen LogP contribution in [-0.2, 0) is 16.0 Å². The van der Waals surface area contributed by atoms with Gasteiger partial charge in [0.15, 0.2) is 0 Å². The molecule has 5 heteroatoms. The number of alkyl halides is 1. The summed E-state index contributed by atoms with van der Waals surface area (Å²) in [6, 6.07) is 7.13. The summed E-state index contributed by atoms with van der Waals surface area (Å²) in [5.74, 6) is -0.540. The molecule has 0 saturated heterocycles. The van der Waals surface area contributed by atoms with E-state index in [-0.39, 0.29) is 17.2 Å². The Morgan fingerprint density at radius 3 is 2.65 bits per heavy atom. The Hall–Kier alpha value is -1.36. The maximum Gasteiger partial charge on any atom is 0.238 e. The maximum atomic E-state index is 11.7. The Bertz CT molecular complexity index is 421. The number of primary amides is 1. The van der Waals surface area contributed by atoms with Gasteiger partial charge in [-0.05, 0) is 18.1 Å². The van der Waals surface area contributed by atoms with E-state index < -0.39 is 5.91 Å². The fourth-order valence-electron chi connectivity index (χ4n) is 1.38. The second kappa shape index (κ2) is 6.39. The first kappa shape index (κ1) is 13.7. The molecule has 0 aliphatic rings. The van der Waals surface area contributed by atoms with Crippen LogP contribution in [0.4, 0.5) is 5.69 Å². The minimum Gasteiger partial charge on any atom is -0.369 e. The monoisotopic (exact) mass is 298 g/mol. The molecular formula is C12H15BrN2O2. The molecule has 1 atom stereocenters. The van der Waals surface area contributed by atoms with Gasteiger partial charge in [0.25, 0.3) is 0 Å². The van der Waals surface area contributed by atoms with Crippen molar-refractivity contribution in [1.82, 2.24) is 0 Å². The number of rotatable bonds is 5. The molecule has 0 heterocycles. The van der Waals surface area contributed by atoms with Crippen LogP contribution in [0.15, 0.2) is 24.3 Å². The molecule has 17 heavy (non-hydrogen) atoms. The third kappa shape index (κ3) is 4.19. The highest BCUT2D eigenvalue weighted by Gasteiger charge is 2.14. The van der Waals surface area contributed by atoms with E-state index in [4.69, 9.17) is 5.73 Å². The van der Waals surface area contributed by atoms with E-state index in [0.29, 0.717) is 12.1 Å². The molecule has 1 aromatic carbocycles. The summed E-state index contributed by atoms with van der Waals surface area (Å²) in [6.45, 7) is 1.91. The molecule has 2 amide bonds. The predicted molar refractivity (Wildman–Crippen MR) is 71.0 cm³/mol. The molecule has 1 aromatic rings. The highest BCUT2D eigenvalue weighted by molar-refractivity contribution is 9.10. The number of carbonyl (C=O) groups excluding carboxylic acids is 2. The normalized spacial score (nSPS) is 11.9. The number of hydrogen-bond donors (Lipinski definition) is 2. The Labute approximate surface area is 109 Å². The molecule has 0 aromatic heterocycles. The molecule has 0 radical (unpaired) electrons. The van der Waals surface area contributed by atoms with Gasteiger partial charge in [0, 0.05) is 5.69 Å². The van der Waals surface area contributed by atoms with Gasteiger partial charge in [-0.15, -0.1) is 0 Å².